The van der Waals surface area contributed by atoms with E-state index in [-0.39, 0.29) is 17.9 Å². The van der Waals surface area contributed by atoms with Crippen LogP contribution >= 0.6 is 0 Å². The zero-order valence-corrected chi connectivity index (χ0v) is 15.1. The number of rotatable bonds is 6. The molecule has 0 saturated carbocycles. The molecule has 0 radical (unpaired) electrons. The number of ether oxygens (including phenoxy) is 1. The molecule has 5 heteroatoms. The van der Waals surface area contributed by atoms with Gasteiger partial charge in [-0.15, -0.1) is 0 Å². The summed E-state index contributed by atoms with van der Waals surface area (Å²) < 4.78 is 10.5. The molecular weight excluding hydrogens is 328 g/mol. The zero-order valence-electron chi connectivity index (χ0n) is 15.1. The van der Waals surface area contributed by atoms with Crippen LogP contribution < -0.4 is 10.1 Å². The molecule has 0 fully saturated rings. The van der Waals surface area contributed by atoms with Gasteiger partial charge in [0.15, 0.2) is 12.2 Å². The summed E-state index contributed by atoms with van der Waals surface area (Å²) in [6.07, 6.45) is 3.03. The number of benzene rings is 2. The lowest BCUT2D eigenvalue weighted by atomic mass is 9.95. The van der Waals surface area contributed by atoms with Crippen LogP contribution in [0.15, 0.2) is 65.5 Å². The van der Waals surface area contributed by atoms with E-state index < -0.39 is 0 Å². The summed E-state index contributed by atoms with van der Waals surface area (Å²) in [6, 6.07) is 15.0. The van der Waals surface area contributed by atoms with E-state index in [1.165, 1.54) is 6.39 Å². The summed E-state index contributed by atoms with van der Waals surface area (Å²) in [7, 11) is 1.64. The Labute approximate surface area is 153 Å². The van der Waals surface area contributed by atoms with E-state index in [1.807, 2.05) is 36.4 Å². The number of amides is 1. The van der Waals surface area contributed by atoms with Crippen molar-refractivity contribution in [2.75, 3.05) is 7.11 Å². The van der Waals surface area contributed by atoms with E-state index >= 15 is 0 Å². The molecule has 26 heavy (non-hydrogen) atoms. The van der Waals surface area contributed by atoms with Gasteiger partial charge in [-0.2, -0.15) is 0 Å². The Kier molecular flexibility index (Phi) is 5.37. The number of carbonyl (C=O) groups excluding carboxylic acids is 1. The maximum Gasteiger partial charge on any atom is 0.251 e. The van der Waals surface area contributed by atoms with Gasteiger partial charge in [-0.25, -0.2) is 4.98 Å². The molecule has 0 unspecified atom stereocenters. The van der Waals surface area contributed by atoms with E-state index in [2.05, 4.69) is 24.1 Å². The molecule has 1 atom stereocenters. The molecule has 0 aliphatic rings. The second kappa shape index (κ2) is 7.87. The first-order valence-electron chi connectivity index (χ1n) is 8.52. The Bertz CT molecular complexity index is 838. The van der Waals surface area contributed by atoms with Gasteiger partial charge < -0.3 is 14.5 Å². The Morgan fingerprint density at radius 2 is 1.77 bits per heavy atom. The Morgan fingerprint density at radius 1 is 1.08 bits per heavy atom. The van der Waals surface area contributed by atoms with E-state index in [9.17, 15) is 4.79 Å². The number of aromatic nitrogens is 1. The highest BCUT2D eigenvalue weighted by molar-refractivity contribution is 5.94. The molecular formula is C21H22N2O3. The average molecular weight is 350 g/mol. The maximum absolute atomic E-state index is 12.7. The van der Waals surface area contributed by atoms with Gasteiger partial charge in [0.2, 0.25) is 0 Å². The molecule has 3 rings (SSSR count). The minimum absolute atomic E-state index is 0.0812. The second-order valence-corrected chi connectivity index (χ2v) is 6.41. The fraction of sp³-hybridized carbons (Fsp3) is 0.238. The van der Waals surface area contributed by atoms with Gasteiger partial charge in [0.05, 0.1) is 19.3 Å². The van der Waals surface area contributed by atoms with Crippen molar-refractivity contribution in [1.29, 1.82) is 0 Å². The van der Waals surface area contributed by atoms with Crippen LogP contribution in [0.4, 0.5) is 0 Å². The van der Waals surface area contributed by atoms with Crippen molar-refractivity contribution in [3.8, 4) is 17.1 Å². The molecule has 1 heterocycles. The molecule has 0 spiro atoms. The van der Waals surface area contributed by atoms with Crippen molar-refractivity contribution in [3.63, 3.8) is 0 Å². The summed E-state index contributed by atoms with van der Waals surface area (Å²) in [5, 5.41) is 3.13. The van der Waals surface area contributed by atoms with Crippen LogP contribution in [0, 0.1) is 5.92 Å². The van der Waals surface area contributed by atoms with Gasteiger partial charge in [-0.3, -0.25) is 4.79 Å². The minimum Gasteiger partial charge on any atom is -0.497 e. The van der Waals surface area contributed by atoms with E-state index in [0.29, 0.717) is 11.3 Å². The van der Waals surface area contributed by atoms with Crippen molar-refractivity contribution in [1.82, 2.24) is 10.3 Å². The molecule has 134 valence electrons. The van der Waals surface area contributed by atoms with Crippen molar-refractivity contribution in [2.24, 2.45) is 5.92 Å². The largest absolute Gasteiger partial charge is 0.497 e. The van der Waals surface area contributed by atoms with Crippen molar-refractivity contribution < 1.29 is 13.9 Å². The molecule has 0 aliphatic heterocycles. The number of hydrogen-bond donors (Lipinski definition) is 1. The Hall–Kier alpha value is -3.08. The third-order valence-electron chi connectivity index (χ3n) is 4.29. The molecule has 0 aliphatic carbocycles. The Balaban J connectivity index is 1.75. The van der Waals surface area contributed by atoms with E-state index in [1.54, 1.807) is 25.4 Å². The van der Waals surface area contributed by atoms with Gasteiger partial charge in [0.25, 0.3) is 5.91 Å². The second-order valence-electron chi connectivity index (χ2n) is 6.41. The fourth-order valence-corrected chi connectivity index (χ4v) is 2.81. The SMILES string of the molecule is COc1ccc([C@H](NC(=O)c2ccc(-c3cnco3)cc2)C(C)C)cc1. The molecule has 1 amide bonds. The van der Waals surface area contributed by atoms with Crippen LogP contribution in [0.3, 0.4) is 0 Å². The van der Waals surface area contributed by atoms with Gasteiger partial charge in [0, 0.05) is 11.1 Å². The number of carbonyl (C=O) groups is 1. The number of methoxy groups -OCH3 is 1. The molecule has 3 aromatic rings. The summed E-state index contributed by atoms with van der Waals surface area (Å²) in [4.78, 5) is 16.6. The lowest BCUT2D eigenvalue weighted by Gasteiger charge is -2.23. The predicted octanol–water partition coefficient (Wildman–Crippen LogP) is 4.48. The number of nitrogens with one attached hydrogen (secondary N) is 1. The van der Waals surface area contributed by atoms with Crippen LogP contribution in [-0.4, -0.2) is 18.0 Å². The molecule has 2 aromatic carbocycles. The van der Waals surface area contributed by atoms with Crippen molar-refractivity contribution >= 4 is 5.91 Å². The average Bonchev–Trinajstić information content (AvgIpc) is 3.21. The molecule has 1 aromatic heterocycles. The van der Waals surface area contributed by atoms with Crippen LogP contribution in [0.2, 0.25) is 0 Å². The van der Waals surface area contributed by atoms with Crippen molar-refractivity contribution in [2.45, 2.75) is 19.9 Å². The lowest BCUT2D eigenvalue weighted by molar-refractivity contribution is 0.0925. The molecule has 5 nitrogen and oxygen atoms in total. The summed E-state index contributed by atoms with van der Waals surface area (Å²) in [5.41, 5.74) is 2.54. The van der Waals surface area contributed by atoms with Gasteiger partial charge in [0.1, 0.15) is 5.75 Å². The topological polar surface area (TPSA) is 64.4 Å². The quantitative estimate of drug-likeness (QED) is 0.712. The van der Waals surface area contributed by atoms with E-state index in [4.69, 9.17) is 9.15 Å². The maximum atomic E-state index is 12.7. The van der Waals surface area contributed by atoms with Crippen LogP contribution in [0.25, 0.3) is 11.3 Å². The number of oxazole rings is 1. The first kappa shape index (κ1) is 17.7. The molecule has 0 saturated heterocycles. The summed E-state index contributed by atoms with van der Waals surface area (Å²) in [5.74, 6) is 1.62. The zero-order chi connectivity index (χ0) is 18.5. The van der Waals surface area contributed by atoms with Crippen LogP contribution in [0.5, 0.6) is 5.75 Å². The van der Waals surface area contributed by atoms with Crippen LogP contribution in [-0.2, 0) is 0 Å². The standard InChI is InChI=1S/C21H22N2O3/c1-14(2)20(16-8-10-18(25-3)11-9-16)23-21(24)17-6-4-15(5-7-17)19-12-22-13-26-19/h4-14,20H,1-3H3,(H,23,24)/t20-/m1/s1. The molecule has 0 bridgehead atoms. The normalized spacial score (nSPS) is 12.0. The smallest absolute Gasteiger partial charge is 0.251 e. The first-order valence-corrected chi connectivity index (χ1v) is 8.52. The fourth-order valence-electron chi connectivity index (χ4n) is 2.81. The van der Waals surface area contributed by atoms with Gasteiger partial charge >= 0.3 is 0 Å². The van der Waals surface area contributed by atoms with Crippen LogP contribution in [0.1, 0.15) is 35.8 Å². The summed E-state index contributed by atoms with van der Waals surface area (Å²) in [6.45, 7) is 4.17. The third-order valence-corrected chi connectivity index (χ3v) is 4.29. The summed E-state index contributed by atoms with van der Waals surface area (Å²) >= 11 is 0. The first-order chi connectivity index (χ1) is 12.6. The highest BCUT2D eigenvalue weighted by Crippen LogP contribution is 2.25. The van der Waals surface area contributed by atoms with Gasteiger partial charge in [-0.05, 0) is 35.7 Å². The molecule has 1 N–H and O–H groups in total. The van der Waals surface area contributed by atoms with Crippen molar-refractivity contribution in [3.05, 3.63) is 72.2 Å². The minimum atomic E-state index is -0.108. The third kappa shape index (κ3) is 3.94. The monoisotopic (exact) mass is 350 g/mol. The highest BCUT2D eigenvalue weighted by atomic mass is 16.5. The Morgan fingerprint density at radius 3 is 2.31 bits per heavy atom. The van der Waals surface area contributed by atoms with E-state index in [0.717, 1.165) is 16.9 Å². The predicted molar refractivity (Wildman–Crippen MR) is 100.0 cm³/mol. The van der Waals surface area contributed by atoms with Gasteiger partial charge in [-0.1, -0.05) is 38.1 Å². The highest BCUT2D eigenvalue weighted by Gasteiger charge is 2.19. The number of hydrogen-bond acceptors (Lipinski definition) is 4. The number of nitrogens with zero attached hydrogens (tertiary/aromatic N) is 1. The lowest BCUT2D eigenvalue weighted by Crippen LogP contribution is -2.31.